The van der Waals surface area contributed by atoms with Gasteiger partial charge in [-0.15, -0.1) is 0 Å². The van der Waals surface area contributed by atoms with Crippen molar-refractivity contribution >= 4 is 0 Å². The average Bonchev–Trinajstić information content (AvgIpc) is 2.76. The van der Waals surface area contributed by atoms with Gasteiger partial charge in [0.2, 0.25) is 0 Å². The van der Waals surface area contributed by atoms with Gasteiger partial charge >= 0.3 is 0 Å². The highest BCUT2D eigenvalue weighted by Gasteiger charge is 2.29. The molecule has 34 heavy (non-hydrogen) atoms. The van der Waals surface area contributed by atoms with E-state index < -0.39 is 0 Å². The molecule has 0 fully saturated rings. The number of unbranched alkanes of at least 4 members (excludes halogenated alkanes) is 2. The van der Waals surface area contributed by atoms with E-state index in [2.05, 4.69) is 103 Å². The molecule has 0 atom stereocenters. The maximum Gasteiger partial charge on any atom is 0.119 e. The number of benzene rings is 2. The molecule has 0 unspecified atom stereocenters. The van der Waals surface area contributed by atoms with E-state index in [1.165, 1.54) is 43.2 Å². The minimum Gasteiger partial charge on any atom is -0.491 e. The molecule has 2 aromatic rings. The Kier molecular flexibility index (Phi) is 11.1. The van der Waals surface area contributed by atoms with Gasteiger partial charge in [0.15, 0.2) is 0 Å². The van der Waals surface area contributed by atoms with Crippen LogP contribution in [0.1, 0.15) is 77.8 Å². The third kappa shape index (κ3) is 10.6. The van der Waals surface area contributed by atoms with Crippen LogP contribution < -0.4 is 4.74 Å². The summed E-state index contributed by atoms with van der Waals surface area (Å²) >= 11 is 0. The van der Waals surface area contributed by atoms with Crippen LogP contribution in [0.2, 0.25) is 0 Å². The van der Waals surface area contributed by atoms with E-state index in [0.29, 0.717) is 18.6 Å². The third-order valence-corrected chi connectivity index (χ3v) is 6.80. The monoisotopic (exact) mass is 468 g/mol. The van der Waals surface area contributed by atoms with Crippen molar-refractivity contribution in [3.63, 3.8) is 0 Å². The number of likely N-dealkylation sites (N-methyl/N-ethyl adjacent to an activating group) is 1. The van der Waals surface area contributed by atoms with Crippen LogP contribution in [0.25, 0.3) is 0 Å². The van der Waals surface area contributed by atoms with E-state index in [1.807, 2.05) is 0 Å². The van der Waals surface area contributed by atoms with Crippen LogP contribution in [-0.4, -0.2) is 44.9 Å². The number of ether oxygens (including phenoxy) is 2. The molecule has 0 radical (unpaired) electrons. The second-order valence-corrected chi connectivity index (χ2v) is 12.0. The maximum atomic E-state index is 5.94. The van der Waals surface area contributed by atoms with Gasteiger partial charge in [-0.1, -0.05) is 96.3 Å². The predicted octanol–water partition coefficient (Wildman–Crippen LogP) is 7.63. The van der Waals surface area contributed by atoms with Crippen LogP contribution in [0.4, 0.5) is 0 Å². The van der Waals surface area contributed by atoms with Crippen molar-refractivity contribution in [3.05, 3.63) is 65.7 Å². The highest BCUT2D eigenvalue weighted by Crippen LogP contribution is 2.40. The van der Waals surface area contributed by atoms with E-state index in [-0.39, 0.29) is 5.41 Å². The first-order valence-electron chi connectivity index (χ1n) is 13.2. The van der Waals surface area contributed by atoms with Gasteiger partial charge in [-0.05, 0) is 41.4 Å². The number of nitrogens with zero attached hydrogens (tertiary/aromatic N) is 1. The Labute approximate surface area is 210 Å². The summed E-state index contributed by atoms with van der Waals surface area (Å²) in [7, 11) is 4.50. The number of hydrogen-bond donors (Lipinski definition) is 0. The number of quaternary nitrogens is 1. The Bertz CT molecular complexity index is 809. The summed E-state index contributed by atoms with van der Waals surface area (Å²) in [5.74, 6) is 0.922. The fourth-order valence-electron chi connectivity index (χ4n) is 5.03. The summed E-state index contributed by atoms with van der Waals surface area (Å²) in [5, 5.41) is 0. The second-order valence-electron chi connectivity index (χ2n) is 12.0. The highest BCUT2D eigenvalue weighted by atomic mass is 16.5. The minimum atomic E-state index is 0.155. The molecule has 190 valence electrons. The molecular weight excluding hydrogens is 418 g/mol. The Balaban J connectivity index is 1.70. The Morgan fingerprint density at radius 2 is 1.47 bits per heavy atom. The number of rotatable bonds is 16. The van der Waals surface area contributed by atoms with Crippen molar-refractivity contribution in [2.45, 2.75) is 78.7 Å². The summed E-state index contributed by atoms with van der Waals surface area (Å²) in [4.78, 5) is 0. The topological polar surface area (TPSA) is 18.5 Å². The van der Waals surface area contributed by atoms with Gasteiger partial charge in [0.05, 0.1) is 27.3 Å². The van der Waals surface area contributed by atoms with E-state index in [9.17, 15) is 0 Å². The van der Waals surface area contributed by atoms with Crippen LogP contribution in [0.5, 0.6) is 5.75 Å². The van der Waals surface area contributed by atoms with E-state index in [0.717, 1.165) is 29.9 Å². The molecule has 3 nitrogen and oxygen atoms in total. The quantitative estimate of drug-likeness (QED) is 0.186. The normalized spacial score (nSPS) is 12.7. The van der Waals surface area contributed by atoms with Gasteiger partial charge in [0, 0.05) is 5.56 Å². The van der Waals surface area contributed by atoms with Crippen LogP contribution in [0.15, 0.2) is 54.6 Å². The van der Waals surface area contributed by atoms with Crippen LogP contribution in [0, 0.1) is 5.41 Å². The molecule has 0 aliphatic rings. The van der Waals surface area contributed by atoms with Crippen molar-refractivity contribution in [3.8, 4) is 5.75 Å². The van der Waals surface area contributed by atoms with Crippen molar-refractivity contribution in [2.75, 3.05) is 40.5 Å². The lowest BCUT2D eigenvalue weighted by Gasteiger charge is -2.35. The molecule has 0 aliphatic heterocycles. The zero-order valence-corrected chi connectivity index (χ0v) is 23.0. The van der Waals surface area contributed by atoms with Crippen LogP contribution in [-0.2, 0) is 16.7 Å². The van der Waals surface area contributed by atoms with E-state index >= 15 is 0 Å². The SMILES string of the molecule is CCCCCC(C)(C)CC(C)(C)c1ccc(OCCOCC[N+](C)(C)Cc2ccccc2)cc1. The number of hydrogen-bond acceptors (Lipinski definition) is 2. The molecule has 0 aromatic heterocycles. The Morgan fingerprint density at radius 3 is 2.12 bits per heavy atom. The zero-order chi connectivity index (χ0) is 25.1. The first-order chi connectivity index (χ1) is 16.0. The van der Waals surface area contributed by atoms with Crippen molar-refractivity contribution < 1.29 is 14.0 Å². The highest BCUT2D eigenvalue weighted by molar-refractivity contribution is 5.31. The largest absolute Gasteiger partial charge is 0.491 e. The lowest BCUT2D eigenvalue weighted by Crippen LogP contribution is -2.41. The average molecular weight is 469 g/mol. The van der Waals surface area contributed by atoms with E-state index in [4.69, 9.17) is 9.47 Å². The van der Waals surface area contributed by atoms with Gasteiger partial charge in [-0.2, -0.15) is 0 Å². The molecule has 0 N–H and O–H groups in total. The fourth-order valence-corrected chi connectivity index (χ4v) is 5.03. The van der Waals surface area contributed by atoms with Gasteiger partial charge < -0.3 is 14.0 Å². The predicted molar refractivity (Wildman–Crippen MR) is 145 cm³/mol. The van der Waals surface area contributed by atoms with Crippen molar-refractivity contribution in [2.24, 2.45) is 5.41 Å². The Hall–Kier alpha value is -1.84. The zero-order valence-electron chi connectivity index (χ0n) is 23.0. The van der Waals surface area contributed by atoms with E-state index in [1.54, 1.807) is 0 Å². The van der Waals surface area contributed by atoms with Gasteiger partial charge in [0.25, 0.3) is 0 Å². The first kappa shape index (κ1) is 28.4. The lowest BCUT2D eigenvalue weighted by atomic mass is 9.69. The third-order valence-electron chi connectivity index (χ3n) is 6.80. The molecule has 0 spiro atoms. The minimum absolute atomic E-state index is 0.155. The smallest absolute Gasteiger partial charge is 0.119 e. The van der Waals surface area contributed by atoms with Gasteiger partial charge in [-0.25, -0.2) is 0 Å². The summed E-state index contributed by atoms with van der Waals surface area (Å²) in [6.07, 6.45) is 6.45. The van der Waals surface area contributed by atoms with Gasteiger partial charge in [0.1, 0.15) is 25.4 Å². The molecule has 0 bridgehead atoms. The van der Waals surface area contributed by atoms with Crippen LogP contribution >= 0.6 is 0 Å². The molecule has 2 rings (SSSR count). The Morgan fingerprint density at radius 1 is 0.794 bits per heavy atom. The second kappa shape index (κ2) is 13.3. The standard InChI is InChI=1S/C31H50NO2/c1-8-9-13-20-30(2,3)26-31(4,5)28-16-18-29(19-17-28)34-24-23-33-22-21-32(6,7)25-27-14-11-10-12-15-27/h10-12,14-19H,8-9,13,20-26H2,1-7H3/q+1. The fraction of sp³-hybridized carbons (Fsp3) is 0.613. The van der Waals surface area contributed by atoms with Crippen molar-refractivity contribution in [1.82, 2.24) is 0 Å². The summed E-state index contributed by atoms with van der Waals surface area (Å²) in [6.45, 7) is 15.8. The molecular formula is C31H50NO2+. The van der Waals surface area contributed by atoms with Gasteiger partial charge in [-0.3, -0.25) is 0 Å². The maximum absolute atomic E-state index is 5.94. The summed E-state index contributed by atoms with van der Waals surface area (Å²) < 4.78 is 12.7. The molecule has 2 aromatic carbocycles. The first-order valence-corrected chi connectivity index (χ1v) is 13.2. The van der Waals surface area contributed by atoms with Crippen molar-refractivity contribution in [1.29, 1.82) is 0 Å². The summed E-state index contributed by atoms with van der Waals surface area (Å²) in [6, 6.07) is 19.4. The molecule has 0 aliphatic carbocycles. The molecule has 0 saturated heterocycles. The van der Waals surface area contributed by atoms with Crippen LogP contribution in [0.3, 0.4) is 0 Å². The molecule has 3 heteroatoms. The molecule has 0 saturated carbocycles. The lowest BCUT2D eigenvalue weighted by molar-refractivity contribution is -0.904. The molecule has 0 amide bonds. The molecule has 0 heterocycles. The summed E-state index contributed by atoms with van der Waals surface area (Å²) in [5.41, 5.74) is 3.27.